The monoisotopic (exact) mass is 328 g/mol. The van der Waals surface area contributed by atoms with Gasteiger partial charge in [-0.2, -0.15) is 0 Å². The van der Waals surface area contributed by atoms with Crippen LogP contribution in [0.25, 0.3) is 0 Å². The smallest absolute Gasteiger partial charge is 0.421 e. The van der Waals surface area contributed by atoms with E-state index in [2.05, 4.69) is 20.8 Å². The molecule has 0 saturated carbocycles. The second-order valence-electron chi connectivity index (χ2n) is 5.83. The summed E-state index contributed by atoms with van der Waals surface area (Å²) in [4.78, 5) is 22.2. The quantitative estimate of drug-likeness (QED) is 0.473. The number of amides is 2. The van der Waals surface area contributed by atoms with Crippen molar-refractivity contribution < 1.29 is 18.7 Å². The molecule has 5 nitrogen and oxygen atoms in total. The summed E-state index contributed by atoms with van der Waals surface area (Å²) in [6.07, 6.45) is -2.29. The number of hydrogen-bond donors (Lipinski definition) is 0. The lowest BCUT2D eigenvalue weighted by atomic mass is 9.87. The number of ether oxygens (including phenoxy) is 1. The van der Waals surface area contributed by atoms with Crippen molar-refractivity contribution in [3.8, 4) is 0 Å². The zero-order valence-electron chi connectivity index (χ0n) is 13.4. The van der Waals surface area contributed by atoms with Gasteiger partial charge in [-0.3, -0.25) is 0 Å². The van der Waals surface area contributed by atoms with Crippen LogP contribution in [0.1, 0.15) is 31.9 Å². The van der Waals surface area contributed by atoms with Crippen LogP contribution in [-0.4, -0.2) is 35.0 Å². The van der Waals surface area contributed by atoms with Gasteiger partial charge in [-0.25, -0.2) is 18.2 Å². The molecule has 0 bridgehead atoms. The highest BCUT2D eigenvalue weighted by Gasteiger charge is 2.17. The van der Waals surface area contributed by atoms with Crippen molar-refractivity contribution in [2.75, 3.05) is 14.1 Å². The van der Waals surface area contributed by atoms with E-state index in [4.69, 9.17) is 4.74 Å². The third-order valence-electron chi connectivity index (χ3n) is 2.93. The van der Waals surface area contributed by atoms with E-state index >= 15 is 0 Å². The Kier molecular flexibility index (Phi) is 6.22. The van der Waals surface area contributed by atoms with Gasteiger partial charge in [0.05, 0.1) is 12.1 Å². The van der Waals surface area contributed by atoms with E-state index in [9.17, 15) is 14.0 Å². The molecule has 22 heavy (non-hydrogen) atoms. The summed E-state index contributed by atoms with van der Waals surface area (Å²) in [6, 6.07) is 7.80. The molecule has 1 aromatic carbocycles. The fourth-order valence-corrected chi connectivity index (χ4v) is 2.14. The van der Waals surface area contributed by atoms with Crippen LogP contribution in [0.2, 0.25) is 0 Å². The Hall–Kier alpha value is -1.76. The first-order valence-corrected chi connectivity index (χ1v) is 7.45. The first-order valence-electron chi connectivity index (χ1n) is 6.72. The number of hydrogen-bond acceptors (Lipinski definition) is 4. The van der Waals surface area contributed by atoms with Crippen molar-refractivity contribution in [1.29, 1.82) is 0 Å². The summed E-state index contributed by atoms with van der Waals surface area (Å²) < 4.78 is 19.2. The fraction of sp³-hybridized carbons (Fsp3) is 0.467. The van der Waals surface area contributed by atoms with Crippen molar-refractivity contribution in [3.63, 3.8) is 0 Å². The van der Waals surface area contributed by atoms with Gasteiger partial charge in [-0.1, -0.05) is 45.0 Å². The lowest BCUT2D eigenvalue weighted by molar-refractivity contribution is 0.125. The summed E-state index contributed by atoms with van der Waals surface area (Å²) in [5.41, 5.74) is 2.11. The van der Waals surface area contributed by atoms with Gasteiger partial charge in [0.1, 0.15) is 6.61 Å². The zero-order valence-corrected chi connectivity index (χ0v) is 14.2. The summed E-state index contributed by atoms with van der Waals surface area (Å²) >= 11 is 0.624. The van der Waals surface area contributed by atoms with Crippen LogP contribution >= 0.6 is 12.1 Å². The molecule has 0 aliphatic carbocycles. The number of carbonyl (C=O) groups excluding carboxylic acids is 2. The molecule has 0 radical (unpaired) electrons. The van der Waals surface area contributed by atoms with Gasteiger partial charge in [0.15, 0.2) is 0 Å². The van der Waals surface area contributed by atoms with Crippen LogP contribution in [0.15, 0.2) is 24.3 Å². The standard InChI is InChI=1S/C15H21FN2O3S/c1-15(2,3)12-8-6-11(7-9-12)10-21-14(20)18(5)22-17(4)13(16)19/h6-9H,10H2,1-5H3. The minimum atomic E-state index is -1.64. The van der Waals surface area contributed by atoms with Gasteiger partial charge < -0.3 is 4.74 Å². The summed E-state index contributed by atoms with van der Waals surface area (Å²) in [5.74, 6) is 0. The van der Waals surface area contributed by atoms with Crippen LogP contribution in [0.5, 0.6) is 0 Å². The molecule has 0 fully saturated rings. The molecule has 0 unspecified atom stereocenters. The molecule has 0 aliphatic heterocycles. The number of halogens is 1. The first kappa shape index (κ1) is 18.3. The predicted molar refractivity (Wildman–Crippen MR) is 84.9 cm³/mol. The van der Waals surface area contributed by atoms with E-state index in [-0.39, 0.29) is 12.0 Å². The van der Waals surface area contributed by atoms with Crippen molar-refractivity contribution in [2.45, 2.75) is 32.8 Å². The molecule has 1 rings (SSSR count). The van der Waals surface area contributed by atoms with Gasteiger partial charge in [0, 0.05) is 14.1 Å². The second kappa shape index (κ2) is 7.49. The van der Waals surface area contributed by atoms with Crippen molar-refractivity contribution in [2.24, 2.45) is 0 Å². The fourth-order valence-electron chi connectivity index (χ4n) is 1.59. The lowest BCUT2D eigenvalue weighted by Crippen LogP contribution is -2.27. The maximum Gasteiger partial charge on any atom is 0.421 e. The maximum absolute atomic E-state index is 12.4. The lowest BCUT2D eigenvalue weighted by Gasteiger charge is -2.20. The highest BCUT2D eigenvalue weighted by Crippen LogP contribution is 2.22. The molecular weight excluding hydrogens is 307 g/mol. The Morgan fingerprint density at radius 1 is 1.14 bits per heavy atom. The Bertz CT molecular complexity index is 529. The van der Waals surface area contributed by atoms with Crippen LogP contribution in [0.3, 0.4) is 0 Å². The molecule has 0 spiro atoms. The highest BCUT2D eigenvalue weighted by molar-refractivity contribution is 7.95. The van der Waals surface area contributed by atoms with E-state index in [1.165, 1.54) is 19.7 Å². The maximum atomic E-state index is 12.4. The molecule has 7 heteroatoms. The summed E-state index contributed by atoms with van der Waals surface area (Å²) in [6.45, 7) is 6.48. The molecule has 0 N–H and O–H groups in total. The van der Waals surface area contributed by atoms with Crippen LogP contribution in [0.4, 0.5) is 14.0 Å². The molecule has 2 amide bonds. The topological polar surface area (TPSA) is 49.9 Å². The third-order valence-corrected chi connectivity index (χ3v) is 3.71. The minimum absolute atomic E-state index is 0.0650. The summed E-state index contributed by atoms with van der Waals surface area (Å²) in [7, 11) is 2.62. The molecule has 0 saturated heterocycles. The largest absolute Gasteiger partial charge is 0.444 e. The van der Waals surface area contributed by atoms with Crippen LogP contribution in [0, 0.1) is 0 Å². The normalized spacial score (nSPS) is 11.0. The van der Waals surface area contributed by atoms with Gasteiger partial charge in [-0.05, 0) is 16.5 Å². The number of carbonyl (C=O) groups is 2. The number of benzene rings is 1. The Morgan fingerprint density at radius 2 is 1.68 bits per heavy atom. The van der Waals surface area contributed by atoms with E-state index in [0.717, 1.165) is 9.87 Å². The molecule has 1 aromatic rings. The van der Waals surface area contributed by atoms with Crippen LogP contribution in [-0.2, 0) is 16.8 Å². The SMILES string of the molecule is CN(SN(C)C(=O)OCc1ccc(C(C)(C)C)cc1)C(=O)F. The molecule has 0 aromatic heterocycles. The van der Waals surface area contributed by atoms with Crippen molar-refractivity contribution in [3.05, 3.63) is 35.4 Å². The third kappa shape index (κ3) is 5.55. The van der Waals surface area contributed by atoms with Gasteiger partial charge in [0.2, 0.25) is 0 Å². The van der Waals surface area contributed by atoms with Gasteiger partial charge in [-0.15, -0.1) is 4.39 Å². The molecular formula is C15H21FN2O3S. The Morgan fingerprint density at radius 3 is 2.14 bits per heavy atom. The minimum Gasteiger partial charge on any atom is -0.444 e. The Labute approximate surface area is 134 Å². The average Bonchev–Trinajstić information content (AvgIpc) is 2.43. The first-order chi connectivity index (χ1) is 10.1. The molecule has 0 atom stereocenters. The highest BCUT2D eigenvalue weighted by atomic mass is 32.2. The van der Waals surface area contributed by atoms with Crippen molar-refractivity contribution >= 4 is 24.4 Å². The number of rotatable bonds is 4. The van der Waals surface area contributed by atoms with Crippen molar-refractivity contribution in [1.82, 2.24) is 8.61 Å². The second-order valence-corrected chi connectivity index (χ2v) is 7.09. The molecule has 122 valence electrons. The van der Waals surface area contributed by atoms with E-state index in [1.807, 2.05) is 24.3 Å². The van der Waals surface area contributed by atoms with E-state index in [0.29, 0.717) is 16.4 Å². The predicted octanol–water partition coefficient (Wildman–Crippen LogP) is 4.14. The van der Waals surface area contributed by atoms with E-state index < -0.39 is 12.3 Å². The van der Waals surface area contributed by atoms with Gasteiger partial charge >= 0.3 is 12.3 Å². The van der Waals surface area contributed by atoms with Gasteiger partial charge in [0.25, 0.3) is 0 Å². The Balaban J connectivity index is 2.52. The molecule has 0 heterocycles. The zero-order chi connectivity index (χ0) is 16.9. The van der Waals surface area contributed by atoms with E-state index in [1.54, 1.807) is 0 Å². The number of nitrogens with zero attached hydrogens (tertiary/aromatic N) is 2. The van der Waals surface area contributed by atoms with Crippen LogP contribution < -0.4 is 0 Å². The average molecular weight is 328 g/mol. The molecule has 0 aliphatic rings. The summed E-state index contributed by atoms with van der Waals surface area (Å²) in [5, 5.41) is 0.